The number of hydrogen-bond donors (Lipinski definition) is 2. The second-order valence-electron chi connectivity index (χ2n) is 8.57. The zero-order valence-electron chi connectivity index (χ0n) is 17.3. The van der Waals surface area contributed by atoms with Crippen LogP contribution in [0.5, 0.6) is 0 Å². The summed E-state index contributed by atoms with van der Waals surface area (Å²) >= 11 is 0. The number of amides is 2. The van der Waals surface area contributed by atoms with E-state index in [1.807, 2.05) is 0 Å². The fourth-order valence-electron chi connectivity index (χ4n) is 3.10. The molecule has 1 aliphatic carbocycles. The summed E-state index contributed by atoms with van der Waals surface area (Å²) in [7, 11) is 0. The molecule has 2 aromatic rings. The fraction of sp³-hybridized carbons (Fsp3) is 0.476. The molecular formula is C21H25F3N4O2. The molecule has 1 atom stereocenters. The summed E-state index contributed by atoms with van der Waals surface area (Å²) in [5, 5.41) is 9.22. The molecule has 0 spiro atoms. The maximum absolute atomic E-state index is 13.6. The van der Waals surface area contributed by atoms with Crippen LogP contribution < -0.4 is 10.6 Å². The van der Waals surface area contributed by atoms with E-state index in [0.29, 0.717) is 11.3 Å². The molecule has 2 amide bonds. The van der Waals surface area contributed by atoms with Crippen molar-refractivity contribution in [2.75, 3.05) is 5.32 Å². The van der Waals surface area contributed by atoms with Gasteiger partial charge in [-0.25, -0.2) is 0 Å². The van der Waals surface area contributed by atoms with E-state index in [4.69, 9.17) is 0 Å². The van der Waals surface area contributed by atoms with Crippen LogP contribution in [0.15, 0.2) is 30.5 Å². The molecule has 9 heteroatoms. The lowest BCUT2D eigenvalue weighted by molar-refractivity contribution is -0.146. The average Bonchev–Trinajstić information content (AvgIpc) is 3.37. The van der Waals surface area contributed by atoms with Crippen LogP contribution >= 0.6 is 0 Å². The maximum atomic E-state index is 13.6. The van der Waals surface area contributed by atoms with Gasteiger partial charge in [-0.3, -0.25) is 14.3 Å². The number of benzene rings is 1. The quantitative estimate of drug-likeness (QED) is 0.745. The largest absolute Gasteiger partial charge is 0.433 e. The lowest BCUT2D eigenvalue weighted by Crippen LogP contribution is -2.32. The van der Waals surface area contributed by atoms with Crippen molar-refractivity contribution in [2.45, 2.75) is 58.3 Å². The molecule has 1 aromatic carbocycles. The van der Waals surface area contributed by atoms with Crippen LogP contribution in [0, 0.1) is 5.92 Å². The van der Waals surface area contributed by atoms with Gasteiger partial charge in [-0.2, -0.15) is 18.3 Å². The Kier molecular flexibility index (Phi) is 5.66. The van der Waals surface area contributed by atoms with Gasteiger partial charge in [0.15, 0.2) is 5.69 Å². The summed E-state index contributed by atoms with van der Waals surface area (Å²) in [5.41, 5.74) is -1.18. The van der Waals surface area contributed by atoms with E-state index in [0.717, 1.165) is 23.7 Å². The predicted octanol–water partition coefficient (Wildman–Crippen LogP) is 4.50. The van der Waals surface area contributed by atoms with E-state index >= 15 is 0 Å². The van der Waals surface area contributed by atoms with Gasteiger partial charge in [0.05, 0.1) is 23.3 Å². The minimum Gasteiger partial charge on any atom is -0.345 e. The van der Waals surface area contributed by atoms with E-state index < -0.39 is 34.9 Å². The first-order chi connectivity index (χ1) is 13.9. The molecule has 1 heterocycles. The molecule has 1 aromatic heterocycles. The third-order valence-electron chi connectivity index (χ3n) is 4.89. The Morgan fingerprint density at radius 1 is 1.13 bits per heavy atom. The Labute approximate surface area is 172 Å². The zero-order chi connectivity index (χ0) is 22.3. The summed E-state index contributed by atoms with van der Waals surface area (Å²) in [6.45, 7) is 6.44. The minimum absolute atomic E-state index is 0.0142. The number of rotatable bonds is 5. The van der Waals surface area contributed by atoms with Crippen molar-refractivity contribution in [1.82, 2.24) is 15.1 Å². The van der Waals surface area contributed by atoms with Crippen molar-refractivity contribution in [3.05, 3.63) is 47.3 Å². The van der Waals surface area contributed by atoms with Gasteiger partial charge in [-0.15, -0.1) is 0 Å². The highest BCUT2D eigenvalue weighted by molar-refractivity contribution is 5.96. The predicted molar refractivity (Wildman–Crippen MR) is 106 cm³/mol. The van der Waals surface area contributed by atoms with Crippen LogP contribution in [0.3, 0.4) is 0 Å². The molecule has 1 aliphatic rings. The number of halogens is 3. The van der Waals surface area contributed by atoms with E-state index in [1.54, 1.807) is 52.0 Å². The van der Waals surface area contributed by atoms with Gasteiger partial charge in [0.25, 0.3) is 5.91 Å². The van der Waals surface area contributed by atoms with Crippen molar-refractivity contribution in [2.24, 2.45) is 5.92 Å². The SMILES string of the molecule is CC(NC(=O)c1cnn(C(C)(C)C)c1C(F)(F)F)c1ccc(NC(=O)C2CC2)cc1. The highest BCUT2D eigenvalue weighted by atomic mass is 19.4. The van der Waals surface area contributed by atoms with Gasteiger partial charge in [-0.1, -0.05) is 12.1 Å². The lowest BCUT2D eigenvalue weighted by atomic mass is 10.1. The van der Waals surface area contributed by atoms with Crippen LogP contribution in [0.25, 0.3) is 0 Å². The number of carbonyl (C=O) groups is 2. The fourth-order valence-corrected chi connectivity index (χ4v) is 3.10. The van der Waals surface area contributed by atoms with E-state index in [1.165, 1.54) is 0 Å². The summed E-state index contributed by atoms with van der Waals surface area (Å²) in [4.78, 5) is 24.4. The van der Waals surface area contributed by atoms with Crippen LogP contribution in [0.2, 0.25) is 0 Å². The Morgan fingerprint density at radius 2 is 1.73 bits per heavy atom. The van der Waals surface area contributed by atoms with Crippen molar-refractivity contribution >= 4 is 17.5 Å². The molecule has 162 valence electrons. The second kappa shape index (κ2) is 7.77. The molecular weight excluding hydrogens is 397 g/mol. The standard InChI is InChI=1S/C21H25F3N4O2/c1-12(13-7-9-15(10-8-13)27-18(29)14-5-6-14)26-19(30)16-11-25-28(20(2,3)4)17(16)21(22,23)24/h7-12,14H,5-6H2,1-4H3,(H,26,30)(H,27,29). The molecule has 2 N–H and O–H groups in total. The van der Waals surface area contributed by atoms with Crippen molar-refractivity contribution in [3.63, 3.8) is 0 Å². The third-order valence-corrected chi connectivity index (χ3v) is 4.89. The third kappa shape index (κ3) is 4.83. The van der Waals surface area contributed by atoms with Crippen molar-refractivity contribution in [1.29, 1.82) is 0 Å². The van der Waals surface area contributed by atoms with E-state index in [9.17, 15) is 22.8 Å². The van der Waals surface area contributed by atoms with Gasteiger partial charge in [0.1, 0.15) is 0 Å². The summed E-state index contributed by atoms with van der Waals surface area (Å²) < 4.78 is 41.7. The number of alkyl halides is 3. The lowest BCUT2D eigenvalue weighted by Gasteiger charge is -2.24. The Bertz CT molecular complexity index is 939. The Hall–Kier alpha value is -2.84. The second-order valence-corrected chi connectivity index (χ2v) is 8.57. The number of aromatic nitrogens is 2. The van der Waals surface area contributed by atoms with Crippen molar-refractivity contribution < 1.29 is 22.8 Å². The zero-order valence-corrected chi connectivity index (χ0v) is 17.3. The normalized spacial score (nSPS) is 15.6. The van der Waals surface area contributed by atoms with E-state index in [2.05, 4.69) is 15.7 Å². The molecule has 0 saturated heterocycles. The van der Waals surface area contributed by atoms with Gasteiger partial charge in [0.2, 0.25) is 5.91 Å². The Morgan fingerprint density at radius 3 is 2.23 bits per heavy atom. The summed E-state index contributed by atoms with van der Waals surface area (Å²) in [5.74, 6) is -0.782. The molecule has 0 radical (unpaired) electrons. The highest BCUT2D eigenvalue weighted by Crippen LogP contribution is 2.35. The molecule has 0 aliphatic heterocycles. The number of nitrogens with one attached hydrogen (secondary N) is 2. The molecule has 6 nitrogen and oxygen atoms in total. The van der Waals surface area contributed by atoms with Crippen LogP contribution in [-0.2, 0) is 16.5 Å². The minimum atomic E-state index is -4.72. The van der Waals surface area contributed by atoms with Crippen molar-refractivity contribution in [3.8, 4) is 0 Å². The first-order valence-electron chi connectivity index (χ1n) is 9.75. The van der Waals surface area contributed by atoms with Crippen LogP contribution in [-0.4, -0.2) is 21.6 Å². The number of anilines is 1. The summed E-state index contributed by atoms with van der Waals surface area (Å²) in [6.07, 6.45) is -1.97. The van der Waals surface area contributed by atoms with E-state index in [-0.39, 0.29) is 11.8 Å². The molecule has 1 saturated carbocycles. The molecule has 30 heavy (non-hydrogen) atoms. The highest BCUT2D eigenvalue weighted by Gasteiger charge is 2.42. The Balaban J connectivity index is 1.74. The van der Waals surface area contributed by atoms with Gasteiger partial charge in [0, 0.05) is 11.6 Å². The van der Waals surface area contributed by atoms with Crippen LogP contribution in [0.4, 0.5) is 18.9 Å². The van der Waals surface area contributed by atoms with Gasteiger partial charge in [-0.05, 0) is 58.2 Å². The summed E-state index contributed by atoms with van der Waals surface area (Å²) in [6, 6.07) is 6.31. The topological polar surface area (TPSA) is 76.0 Å². The van der Waals surface area contributed by atoms with Gasteiger partial charge >= 0.3 is 6.18 Å². The number of carbonyl (C=O) groups excluding carboxylic acids is 2. The maximum Gasteiger partial charge on any atom is 0.433 e. The number of hydrogen-bond acceptors (Lipinski definition) is 3. The molecule has 1 unspecified atom stereocenters. The average molecular weight is 422 g/mol. The first kappa shape index (κ1) is 21.9. The van der Waals surface area contributed by atoms with Gasteiger partial charge < -0.3 is 10.6 Å². The first-order valence-corrected chi connectivity index (χ1v) is 9.75. The monoisotopic (exact) mass is 422 g/mol. The number of nitrogens with zero attached hydrogens (tertiary/aromatic N) is 2. The molecule has 1 fully saturated rings. The molecule has 0 bridgehead atoms. The molecule has 3 rings (SSSR count). The smallest absolute Gasteiger partial charge is 0.345 e. The van der Waals surface area contributed by atoms with Crippen LogP contribution in [0.1, 0.15) is 68.2 Å².